The molecule has 0 aliphatic heterocycles. The fraction of sp³-hybridized carbons (Fsp3) is 0.188. The van der Waals surface area contributed by atoms with E-state index in [1.54, 1.807) is 6.92 Å². The van der Waals surface area contributed by atoms with Gasteiger partial charge in [-0.05, 0) is 53.8 Å². The van der Waals surface area contributed by atoms with Crippen LogP contribution in [-0.2, 0) is 6.18 Å². The zero-order chi connectivity index (χ0) is 19.5. The number of halogens is 4. The quantitative estimate of drug-likeness (QED) is 0.245. The zero-order valence-corrected chi connectivity index (χ0v) is 15.3. The van der Waals surface area contributed by atoms with Crippen molar-refractivity contribution in [2.24, 2.45) is 0 Å². The summed E-state index contributed by atoms with van der Waals surface area (Å²) in [4.78, 5) is 21.2. The van der Waals surface area contributed by atoms with Crippen molar-refractivity contribution in [1.29, 1.82) is 0 Å². The number of nitrogens with zero attached hydrogens (tertiary/aromatic N) is 1. The van der Waals surface area contributed by atoms with Gasteiger partial charge in [-0.1, -0.05) is 0 Å². The number of rotatable bonds is 6. The molecule has 0 atom stereocenters. The van der Waals surface area contributed by atoms with Gasteiger partial charge in [0.05, 0.1) is 20.7 Å². The van der Waals surface area contributed by atoms with Crippen LogP contribution in [0.1, 0.15) is 22.8 Å². The first-order valence-electron chi connectivity index (χ1n) is 7.12. The minimum Gasteiger partial charge on any atom is -0.490 e. The number of ether oxygens (including phenoxy) is 2. The van der Waals surface area contributed by atoms with Crippen molar-refractivity contribution in [2.75, 3.05) is 6.61 Å². The standard InChI is InChI=1S/C16H11F3INO5/c1-2-25-14-6-9(8-22)5-11(20)15(14)26-13-4-3-10(16(17,18)19)7-12(13)21(23)24/h3-8H,2H2,1H3. The molecule has 0 spiro atoms. The molecule has 0 radical (unpaired) electrons. The normalized spacial score (nSPS) is 11.1. The van der Waals surface area contributed by atoms with Crippen LogP contribution < -0.4 is 9.47 Å². The Kier molecular flexibility index (Phi) is 6.05. The van der Waals surface area contributed by atoms with Gasteiger partial charge in [0.25, 0.3) is 0 Å². The van der Waals surface area contributed by atoms with Crippen molar-refractivity contribution in [3.05, 3.63) is 55.1 Å². The highest BCUT2D eigenvalue weighted by Crippen LogP contribution is 2.42. The Morgan fingerprint density at radius 2 is 1.92 bits per heavy atom. The summed E-state index contributed by atoms with van der Waals surface area (Å²) in [5.74, 6) is -0.155. The lowest BCUT2D eigenvalue weighted by Crippen LogP contribution is -2.06. The third-order valence-corrected chi connectivity index (χ3v) is 3.96. The van der Waals surface area contributed by atoms with E-state index in [9.17, 15) is 28.1 Å². The molecule has 0 saturated heterocycles. The summed E-state index contributed by atoms with van der Waals surface area (Å²) in [7, 11) is 0. The van der Waals surface area contributed by atoms with E-state index in [1.807, 2.05) is 22.6 Å². The number of nitro groups is 1. The van der Waals surface area contributed by atoms with Crippen LogP contribution in [0.2, 0.25) is 0 Å². The first-order valence-corrected chi connectivity index (χ1v) is 8.20. The van der Waals surface area contributed by atoms with E-state index in [2.05, 4.69) is 0 Å². The molecule has 0 unspecified atom stereocenters. The molecule has 0 N–H and O–H groups in total. The van der Waals surface area contributed by atoms with Crippen molar-refractivity contribution < 1.29 is 32.4 Å². The predicted molar refractivity (Wildman–Crippen MR) is 93.9 cm³/mol. The summed E-state index contributed by atoms with van der Waals surface area (Å²) in [6.45, 7) is 1.91. The van der Waals surface area contributed by atoms with E-state index in [0.29, 0.717) is 27.6 Å². The minimum absolute atomic E-state index is 0.0703. The molecule has 10 heteroatoms. The average molecular weight is 481 g/mol. The number of carbonyl (C=O) groups excluding carboxylic acids is 1. The van der Waals surface area contributed by atoms with Gasteiger partial charge in [0.15, 0.2) is 11.5 Å². The first-order chi connectivity index (χ1) is 12.2. The topological polar surface area (TPSA) is 78.7 Å². The molecule has 2 aromatic rings. The van der Waals surface area contributed by atoms with Crippen molar-refractivity contribution in [1.82, 2.24) is 0 Å². The van der Waals surface area contributed by atoms with Crippen molar-refractivity contribution in [3.8, 4) is 17.2 Å². The van der Waals surface area contributed by atoms with Gasteiger partial charge in [-0.3, -0.25) is 14.9 Å². The van der Waals surface area contributed by atoms with Crippen LogP contribution in [-0.4, -0.2) is 17.8 Å². The summed E-state index contributed by atoms with van der Waals surface area (Å²) < 4.78 is 49.6. The second-order valence-corrected chi connectivity index (χ2v) is 6.08. The molecule has 0 amide bonds. The smallest absolute Gasteiger partial charge is 0.416 e. The number of aldehydes is 1. The van der Waals surface area contributed by atoms with Gasteiger partial charge in [0, 0.05) is 11.6 Å². The SMILES string of the molecule is CCOc1cc(C=O)cc(I)c1Oc1ccc(C(F)(F)F)cc1[N+](=O)[O-]. The highest BCUT2D eigenvalue weighted by atomic mass is 127. The lowest BCUT2D eigenvalue weighted by Gasteiger charge is -2.15. The number of hydrogen-bond donors (Lipinski definition) is 0. The Hall–Kier alpha value is -2.37. The van der Waals surface area contributed by atoms with Gasteiger partial charge in [-0.25, -0.2) is 0 Å². The van der Waals surface area contributed by atoms with Gasteiger partial charge in [0.1, 0.15) is 6.29 Å². The monoisotopic (exact) mass is 481 g/mol. The Bertz CT molecular complexity index is 855. The van der Waals surface area contributed by atoms with Gasteiger partial charge < -0.3 is 9.47 Å². The maximum Gasteiger partial charge on any atom is 0.416 e. The molecule has 0 fully saturated rings. The number of hydrogen-bond acceptors (Lipinski definition) is 5. The lowest BCUT2D eigenvalue weighted by atomic mass is 10.1. The third-order valence-electron chi connectivity index (χ3n) is 3.16. The molecule has 0 saturated carbocycles. The van der Waals surface area contributed by atoms with Gasteiger partial charge in [-0.15, -0.1) is 0 Å². The molecular weight excluding hydrogens is 470 g/mol. The van der Waals surface area contributed by atoms with Crippen molar-refractivity contribution >= 4 is 34.6 Å². The number of alkyl halides is 3. The largest absolute Gasteiger partial charge is 0.490 e. The summed E-state index contributed by atoms with van der Waals surface area (Å²) >= 11 is 1.84. The van der Waals surface area contributed by atoms with Gasteiger partial charge in [0.2, 0.25) is 5.75 Å². The second kappa shape index (κ2) is 7.89. The summed E-state index contributed by atoms with van der Waals surface area (Å²) in [6.07, 6.45) is -4.13. The first kappa shape index (κ1) is 19.9. The molecular formula is C16H11F3INO5. The summed E-state index contributed by atoms with van der Waals surface area (Å²) in [5.41, 5.74) is -1.70. The maximum absolute atomic E-state index is 12.8. The molecule has 6 nitrogen and oxygen atoms in total. The fourth-order valence-corrected chi connectivity index (χ4v) is 2.79. The van der Waals surface area contributed by atoms with Crippen LogP contribution in [0.15, 0.2) is 30.3 Å². The van der Waals surface area contributed by atoms with E-state index >= 15 is 0 Å². The van der Waals surface area contributed by atoms with Crippen LogP contribution in [0.25, 0.3) is 0 Å². The van der Waals surface area contributed by atoms with E-state index in [0.717, 1.165) is 6.07 Å². The molecule has 0 aliphatic rings. The van der Waals surface area contributed by atoms with Crippen LogP contribution in [0.3, 0.4) is 0 Å². The van der Waals surface area contributed by atoms with Crippen LogP contribution in [0.5, 0.6) is 17.2 Å². The minimum atomic E-state index is -4.72. The highest BCUT2D eigenvalue weighted by molar-refractivity contribution is 14.1. The molecule has 0 aliphatic carbocycles. The average Bonchev–Trinajstić information content (AvgIpc) is 2.56. The zero-order valence-electron chi connectivity index (χ0n) is 13.2. The predicted octanol–water partition coefficient (Wildman–Crippen LogP) is 5.22. The number of nitro benzene ring substituents is 1. The lowest BCUT2D eigenvalue weighted by molar-refractivity contribution is -0.385. The summed E-state index contributed by atoms with van der Waals surface area (Å²) in [5, 5.41) is 11.2. The Morgan fingerprint density at radius 1 is 1.23 bits per heavy atom. The second-order valence-electron chi connectivity index (χ2n) is 4.92. The van der Waals surface area contributed by atoms with E-state index in [1.165, 1.54) is 12.1 Å². The van der Waals surface area contributed by atoms with Crippen LogP contribution in [0, 0.1) is 13.7 Å². The van der Waals surface area contributed by atoms with Crippen LogP contribution >= 0.6 is 22.6 Å². The number of carbonyl (C=O) groups is 1. The Balaban J connectivity index is 2.54. The number of benzene rings is 2. The van der Waals surface area contributed by atoms with E-state index in [-0.39, 0.29) is 23.9 Å². The van der Waals surface area contributed by atoms with Crippen molar-refractivity contribution in [2.45, 2.75) is 13.1 Å². The maximum atomic E-state index is 12.8. The van der Waals surface area contributed by atoms with Crippen molar-refractivity contribution in [3.63, 3.8) is 0 Å². The molecule has 26 heavy (non-hydrogen) atoms. The van der Waals surface area contributed by atoms with E-state index in [4.69, 9.17) is 9.47 Å². The van der Waals surface area contributed by atoms with Gasteiger partial charge >= 0.3 is 11.9 Å². The Morgan fingerprint density at radius 3 is 2.46 bits per heavy atom. The third kappa shape index (κ3) is 4.42. The molecule has 0 aromatic heterocycles. The molecule has 2 rings (SSSR count). The molecule has 0 bridgehead atoms. The summed E-state index contributed by atoms with van der Waals surface area (Å²) in [6, 6.07) is 4.81. The highest BCUT2D eigenvalue weighted by Gasteiger charge is 2.33. The Labute approximate surface area is 159 Å². The van der Waals surface area contributed by atoms with Crippen LogP contribution in [0.4, 0.5) is 18.9 Å². The van der Waals surface area contributed by atoms with E-state index < -0.39 is 22.4 Å². The molecule has 2 aromatic carbocycles. The molecule has 138 valence electrons. The molecule has 0 heterocycles. The van der Waals surface area contributed by atoms with Gasteiger partial charge in [-0.2, -0.15) is 13.2 Å². The fourth-order valence-electron chi connectivity index (χ4n) is 2.05.